The smallest absolute Gasteiger partial charge is 0.399 e. The lowest BCUT2D eigenvalue weighted by Crippen LogP contribution is -2.41. The Hall–Kier alpha value is -1.11. The number of pyridine rings is 1. The van der Waals surface area contributed by atoms with Crippen molar-refractivity contribution < 1.29 is 14.0 Å². The molecule has 0 aromatic carbocycles. The van der Waals surface area contributed by atoms with Gasteiger partial charge in [0.05, 0.1) is 11.2 Å². The molecule has 0 N–H and O–H groups in total. The van der Waals surface area contributed by atoms with Gasteiger partial charge in [-0.15, -0.1) is 0 Å². The van der Waals surface area contributed by atoms with E-state index in [1.807, 2.05) is 40.0 Å². The molecule has 1 aromatic rings. The van der Waals surface area contributed by atoms with Crippen molar-refractivity contribution in [3.63, 3.8) is 0 Å². The zero-order chi connectivity index (χ0) is 16.0. The summed E-state index contributed by atoms with van der Waals surface area (Å²) in [5, 5.41) is 0. The molecule has 5 nitrogen and oxygen atoms in total. The zero-order valence-electron chi connectivity index (χ0n) is 13.8. The summed E-state index contributed by atoms with van der Waals surface area (Å²) in [5.74, 6) is 0. The molecular formula is C16H24BNO4. The first-order valence-corrected chi connectivity index (χ1v) is 7.96. The average molecular weight is 305 g/mol. The van der Waals surface area contributed by atoms with Gasteiger partial charge in [-0.2, -0.15) is 0 Å². The van der Waals surface area contributed by atoms with Crippen molar-refractivity contribution in [2.75, 3.05) is 13.2 Å². The highest BCUT2D eigenvalue weighted by atomic mass is 16.7. The number of aromatic nitrogens is 1. The van der Waals surface area contributed by atoms with E-state index in [2.05, 4.69) is 0 Å². The molecule has 0 saturated carbocycles. The Bertz CT molecular complexity index is 588. The van der Waals surface area contributed by atoms with Gasteiger partial charge in [-0.25, -0.2) is 0 Å². The highest BCUT2D eigenvalue weighted by Crippen LogP contribution is 2.36. The van der Waals surface area contributed by atoms with Crippen LogP contribution in [0, 0.1) is 0 Å². The predicted octanol–water partition coefficient (Wildman–Crippen LogP) is 1.50. The van der Waals surface area contributed by atoms with Crippen LogP contribution in [0.4, 0.5) is 0 Å². The molecule has 0 unspecified atom stereocenters. The molecule has 2 aliphatic rings. The van der Waals surface area contributed by atoms with Crippen molar-refractivity contribution in [3.8, 4) is 0 Å². The van der Waals surface area contributed by atoms with Gasteiger partial charge in [0.1, 0.15) is 0 Å². The highest BCUT2D eigenvalue weighted by molar-refractivity contribution is 6.62. The lowest BCUT2D eigenvalue weighted by molar-refractivity contribution is 0.00578. The average Bonchev–Trinajstić information content (AvgIpc) is 2.68. The maximum atomic E-state index is 12.4. The summed E-state index contributed by atoms with van der Waals surface area (Å²) >= 11 is 0. The molecule has 0 atom stereocenters. The van der Waals surface area contributed by atoms with Crippen molar-refractivity contribution in [3.05, 3.63) is 28.7 Å². The van der Waals surface area contributed by atoms with Gasteiger partial charge in [0.25, 0.3) is 0 Å². The second kappa shape index (κ2) is 5.51. The molecule has 3 heterocycles. The number of hydrogen-bond acceptors (Lipinski definition) is 4. The van der Waals surface area contributed by atoms with Gasteiger partial charge in [-0.05, 0) is 52.1 Å². The fourth-order valence-electron chi connectivity index (χ4n) is 2.90. The third-order valence-corrected chi connectivity index (χ3v) is 5.08. The second-order valence-electron chi connectivity index (χ2n) is 7.14. The van der Waals surface area contributed by atoms with Crippen LogP contribution in [0.15, 0.2) is 23.1 Å². The summed E-state index contributed by atoms with van der Waals surface area (Å²) in [5.41, 5.74) is -0.00780. The summed E-state index contributed by atoms with van der Waals surface area (Å²) in [7, 11) is -0.484. The normalized spacial score (nSPS) is 24.6. The van der Waals surface area contributed by atoms with Crippen molar-refractivity contribution in [1.29, 1.82) is 0 Å². The van der Waals surface area contributed by atoms with Crippen molar-refractivity contribution in [1.82, 2.24) is 4.57 Å². The van der Waals surface area contributed by atoms with E-state index in [1.165, 1.54) is 0 Å². The molecule has 0 radical (unpaired) electrons. The maximum absolute atomic E-state index is 12.4. The summed E-state index contributed by atoms with van der Waals surface area (Å²) in [4.78, 5) is 12.4. The standard InChI is InChI=1S/C16H24BNO4/c1-15(2)16(3,4)22-17(21-15)12-5-8-18(14(19)11-12)13-6-9-20-10-7-13/h5,8,11,13H,6-7,9-10H2,1-4H3. The molecule has 2 aliphatic heterocycles. The van der Waals surface area contributed by atoms with Crippen LogP contribution in [0.3, 0.4) is 0 Å². The van der Waals surface area contributed by atoms with E-state index >= 15 is 0 Å². The van der Waals surface area contributed by atoms with Crippen LogP contribution in [0.5, 0.6) is 0 Å². The first kappa shape index (κ1) is 15.8. The van der Waals surface area contributed by atoms with E-state index in [1.54, 1.807) is 10.6 Å². The Morgan fingerprint density at radius 3 is 2.27 bits per heavy atom. The van der Waals surface area contributed by atoms with E-state index in [0.717, 1.165) is 31.5 Å². The zero-order valence-corrected chi connectivity index (χ0v) is 13.8. The molecular weight excluding hydrogens is 281 g/mol. The Kier molecular flexibility index (Phi) is 3.95. The van der Waals surface area contributed by atoms with Crippen LogP contribution < -0.4 is 11.0 Å². The summed E-state index contributed by atoms with van der Waals surface area (Å²) in [6.07, 6.45) is 3.63. The van der Waals surface area contributed by atoms with Gasteiger partial charge >= 0.3 is 7.12 Å². The number of rotatable bonds is 2. The highest BCUT2D eigenvalue weighted by Gasteiger charge is 2.51. The van der Waals surface area contributed by atoms with E-state index < -0.39 is 18.3 Å². The molecule has 6 heteroatoms. The Morgan fingerprint density at radius 2 is 1.73 bits per heavy atom. The molecule has 1 aromatic heterocycles. The molecule has 0 aliphatic carbocycles. The molecule has 0 spiro atoms. The van der Waals surface area contributed by atoms with Gasteiger partial charge in [-0.1, -0.05) is 0 Å². The van der Waals surface area contributed by atoms with Gasteiger partial charge < -0.3 is 18.6 Å². The number of nitrogens with zero attached hydrogens (tertiary/aromatic N) is 1. The quantitative estimate of drug-likeness (QED) is 0.777. The number of hydrogen-bond donors (Lipinski definition) is 0. The minimum atomic E-state index is -0.484. The molecule has 2 fully saturated rings. The molecule has 3 rings (SSSR count). The fraction of sp³-hybridized carbons (Fsp3) is 0.688. The van der Waals surface area contributed by atoms with Gasteiger partial charge in [0.2, 0.25) is 5.56 Å². The van der Waals surface area contributed by atoms with Gasteiger partial charge in [0.15, 0.2) is 0 Å². The SMILES string of the molecule is CC1(C)OB(c2ccn(C3CCOCC3)c(=O)c2)OC1(C)C. The predicted molar refractivity (Wildman–Crippen MR) is 85.5 cm³/mol. The van der Waals surface area contributed by atoms with Crippen LogP contribution in [0.25, 0.3) is 0 Å². The van der Waals surface area contributed by atoms with E-state index in [4.69, 9.17) is 14.0 Å². The maximum Gasteiger partial charge on any atom is 0.495 e. The third kappa shape index (κ3) is 2.75. The minimum Gasteiger partial charge on any atom is -0.399 e. The van der Waals surface area contributed by atoms with Crippen LogP contribution in [-0.4, -0.2) is 36.1 Å². The lowest BCUT2D eigenvalue weighted by atomic mass is 9.80. The van der Waals surface area contributed by atoms with Crippen LogP contribution in [0.2, 0.25) is 0 Å². The minimum absolute atomic E-state index is 0.000822. The summed E-state index contributed by atoms with van der Waals surface area (Å²) < 4.78 is 19.2. The van der Waals surface area contributed by atoms with Gasteiger partial charge in [0, 0.05) is 31.5 Å². The molecule has 0 bridgehead atoms. The summed E-state index contributed by atoms with van der Waals surface area (Å²) in [6, 6.07) is 3.80. The third-order valence-electron chi connectivity index (χ3n) is 5.08. The first-order valence-electron chi connectivity index (χ1n) is 7.96. The molecule has 0 amide bonds. The van der Waals surface area contributed by atoms with E-state index in [-0.39, 0.29) is 11.6 Å². The number of ether oxygens (including phenoxy) is 1. The Morgan fingerprint density at radius 1 is 1.14 bits per heavy atom. The van der Waals surface area contributed by atoms with E-state index in [9.17, 15) is 4.79 Å². The molecule has 22 heavy (non-hydrogen) atoms. The Balaban J connectivity index is 1.82. The Labute approximate surface area is 131 Å². The van der Waals surface area contributed by atoms with Crippen LogP contribution in [-0.2, 0) is 14.0 Å². The van der Waals surface area contributed by atoms with Crippen molar-refractivity contribution in [2.45, 2.75) is 57.8 Å². The lowest BCUT2D eigenvalue weighted by Gasteiger charge is -2.32. The van der Waals surface area contributed by atoms with Crippen LogP contribution in [0.1, 0.15) is 46.6 Å². The fourth-order valence-corrected chi connectivity index (χ4v) is 2.90. The van der Waals surface area contributed by atoms with Crippen molar-refractivity contribution in [2.24, 2.45) is 0 Å². The van der Waals surface area contributed by atoms with Crippen molar-refractivity contribution >= 4 is 12.6 Å². The second-order valence-corrected chi connectivity index (χ2v) is 7.14. The first-order chi connectivity index (χ1) is 10.3. The summed E-state index contributed by atoms with van der Waals surface area (Å²) in [6.45, 7) is 9.48. The largest absolute Gasteiger partial charge is 0.495 e. The molecule has 120 valence electrons. The van der Waals surface area contributed by atoms with Gasteiger partial charge in [-0.3, -0.25) is 4.79 Å². The monoisotopic (exact) mass is 305 g/mol. The molecule has 2 saturated heterocycles. The van der Waals surface area contributed by atoms with E-state index in [0.29, 0.717) is 0 Å². The van der Waals surface area contributed by atoms with Crippen LogP contribution >= 0.6 is 0 Å². The topological polar surface area (TPSA) is 49.7 Å².